The molecule has 29 heavy (non-hydrogen) atoms. The number of hydrogen-bond donors (Lipinski definition) is 2. The summed E-state index contributed by atoms with van der Waals surface area (Å²) in [5.41, 5.74) is 1.00. The molecule has 3 aromatic rings. The van der Waals surface area contributed by atoms with E-state index in [4.69, 9.17) is 0 Å². The molecule has 0 aliphatic carbocycles. The minimum atomic E-state index is -4.33. The fourth-order valence-electron chi connectivity index (χ4n) is 2.57. The average Bonchev–Trinajstić information content (AvgIpc) is 3.25. The standard InChI is InChI=1S/C20H21F3N6/c1-2-25-19(27-11-15-3-6-17(7-4-15)20(21,22)23)28-13-16-5-8-18(26-12-16)29-10-9-24-14-29/h3-10,12,14H,2,11,13H2,1H3,(H2,25,27,28). The lowest BCUT2D eigenvalue weighted by Gasteiger charge is -2.12. The van der Waals surface area contributed by atoms with E-state index in [9.17, 15) is 13.2 Å². The zero-order valence-electron chi connectivity index (χ0n) is 15.8. The normalized spacial score (nSPS) is 12.1. The number of alkyl halides is 3. The summed E-state index contributed by atoms with van der Waals surface area (Å²) in [7, 11) is 0. The van der Waals surface area contributed by atoms with Crippen LogP contribution in [0.5, 0.6) is 0 Å². The minimum absolute atomic E-state index is 0.363. The summed E-state index contributed by atoms with van der Waals surface area (Å²) >= 11 is 0. The SMILES string of the molecule is CCNC(=NCc1ccc(-n2ccnc2)nc1)NCc1ccc(C(F)(F)F)cc1. The number of nitrogens with one attached hydrogen (secondary N) is 2. The quantitative estimate of drug-likeness (QED) is 0.489. The predicted molar refractivity (Wildman–Crippen MR) is 104 cm³/mol. The molecule has 0 saturated carbocycles. The first-order chi connectivity index (χ1) is 14.0. The summed E-state index contributed by atoms with van der Waals surface area (Å²) in [4.78, 5) is 12.9. The van der Waals surface area contributed by atoms with Gasteiger partial charge in [0.2, 0.25) is 0 Å². The summed E-state index contributed by atoms with van der Waals surface area (Å²) in [6.07, 6.45) is 2.59. The Labute approximate surface area is 166 Å². The van der Waals surface area contributed by atoms with E-state index in [2.05, 4.69) is 25.6 Å². The molecule has 0 fully saturated rings. The largest absolute Gasteiger partial charge is 0.416 e. The molecule has 6 nitrogen and oxygen atoms in total. The van der Waals surface area contributed by atoms with Gasteiger partial charge in [-0.05, 0) is 36.2 Å². The second-order valence-electron chi connectivity index (χ2n) is 6.24. The van der Waals surface area contributed by atoms with Crippen LogP contribution < -0.4 is 10.6 Å². The molecular weight excluding hydrogens is 381 g/mol. The molecular formula is C20H21F3N6. The van der Waals surface area contributed by atoms with E-state index in [1.807, 2.05) is 29.8 Å². The molecule has 1 aromatic carbocycles. The van der Waals surface area contributed by atoms with Gasteiger partial charge in [0, 0.05) is 31.7 Å². The van der Waals surface area contributed by atoms with Gasteiger partial charge in [0.1, 0.15) is 12.1 Å². The summed E-state index contributed by atoms with van der Waals surface area (Å²) < 4.78 is 39.7. The van der Waals surface area contributed by atoms with Crippen LogP contribution in [0.2, 0.25) is 0 Å². The van der Waals surface area contributed by atoms with Crippen LogP contribution in [0, 0.1) is 0 Å². The Morgan fingerprint density at radius 2 is 1.83 bits per heavy atom. The zero-order chi connectivity index (χ0) is 20.7. The molecule has 0 aliphatic rings. The van der Waals surface area contributed by atoms with Crippen molar-refractivity contribution in [1.82, 2.24) is 25.2 Å². The number of nitrogens with zero attached hydrogens (tertiary/aromatic N) is 4. The van der Waals surface area contributed by atoms with Gasteiger partial charge in [-0.3, -0.25) is 4.57 Å². The third-order valence-electron chi connectivity index (χ3n) is 4.08. The molecule has 0 amide bonds. The maximum absolute atomic E-state index is 12.6. The number of imidazole rings is 1. The highest BCUT2D eigenvalue weighted by Gasteiger charge is 2.29. The van der Waals surface area contributed by atoms with Gasteiger partial charge < -0.3 is 10.6 Å². The van der Waals surface area contributed by atoms with Crippen molar-refractivity contribution in [3.05, 3.63) is 78.0 Å². The Morgan fingerprint density at radius 1 is 1.07 bits per heavy atom. The number of pyridine rings is 1. The van der Waals surface area contributed by atoms with Crippen LogP contribution in [0.15, 0.2) is 66.3 Å². The van der Waals surface area contributed by atoms with Crippen molar-refractivity contribution in [3.8, 4) is 5.82 Å². The van der Waals surface area contributed by atoms with Gasteiger partial charge in [0.15, 0.2) is 5.96 Å². The molecule has 2 N–H and O–H groups in total. The second-order valence-corrected chi connectivity index (χ2v) is 6.24. The van der Waals surface area contributed by atoms with E-state index in [1.54, 1.807) is 18.7 Å². The molecule has 2 aromatic heterocycles. The molecule has 0 spiro atoms. The summed E-state index contributed by atoms with van der Waals surface area (Å²) in [6.45, 7) is 3.38. The van der Waals surface area contributed by atoms with Crippen molar-refractivity contribution < 1.29 is 13.2 Å². The van der Waals surface area contributed by atoms with E-state index < -0.39 is 11.7 Å². The van der Waals surface area contributed by atoms with Crippen LogP contribution >= 0.6 is 0 Å². The van der Waals surface area contributed by atoms with Crippen LogP contribution in [0.3, 0.4) is 0 Å². The smallest absolute Gasteiger partial charge is 0.357 e. The molecule has 0 saturated heterocycles. The first kappa shape index (κ1) is 20.4. The van der Waals surface area contributed by atoms with Gasteiger partial charge in [0.05, 0.1) is 12.1 Å². The van der Waals surface area contributed by atoms with Gasteiger partial charge >= 0.3 is 6.18 Å². The lowest BCUT2D eigenvalue weighted by molar-refractivity contribution is -0.137. The summed E-state index contributed by atoms with van der Waals surface area (Å²) in [5, 5.41) is 6.24. The maximum atomic E-state index is 12.6. The highest BCUT2D eigenvalue weighted by atomic mass is 19.4. The lowest BCUT2D eigenvalue weighted by Crippen LogP contribution is -2.36. The van der Waals surface area contributed by atoms with Crippen molar-refractivity contribution in [1.29, 1.82) is 0 Å². The molecule has 0 unspecified atom stereocenters. The molecule has 3 rings (SSSR count). The Hall–Kier alpha value is -3.36. The summed E-state index contributed by atoms with van der Waals surface area (Å²) in [6, 6.07) is 8.89. The fraction of sp³-hybridized carbons (Fsp3) is 0.250. The Balaban J connectivity index is 1.59. The molecule has 152 valence electrons. The monoisotopic (exact) mass is 402 g/mol. The van der Waals surface area contributed by atoms with E-state index in [-0.39, 0.29) is 0 Å². The molecule has 0 aliphatic heterocycles. The van der Waals surface area contributed by atoms with Gasteiger partial charge in [-0.2, -0.15) is 13.2 Å². The van der Waals surface area contributed by atoms with Gasteiger partial charge in [0.25, 0.3) is 0 Å². The highest BCUT2D eigenvalue weighted by Crippen LogP contribution is 2.29. The third-order valence-corrected chi connectivity index (χ3v) is 4.08. The zero-order valence-corrected chi connectivity index (χ0v) is 15.8. The Kier molecular flexibility index (Phi) is 6.48. The van der Waals surface area contributed by atoms with E-state index >= 15 is 0 Å². The number of halogens is 3. The number of aliphatic imine (C=N–C) groups is 1. The number of guanidine groups is 1. The van der Waals surface area contributed by atoms with Crippen LogP contribution in [0.4, 0.5) is 13.2 Å². The van der Waals surface area contributed by atoms with Crippen molar-refractivity contribution in [2.24, 2.45) is 4.99 Å². The van der Waals surface area contributed by atoms with E-state index in [0.717, 1.165) is 29.1 Å². The minimum Gasteiger partial charge on any atom is -0.357 e. The lowest BCUT2D eigenvalue weighted by atomic mass is 10.1. The first-order valence-corrected chi connectivity index (χ1v) is 9.07. The van der Waals surface area contributed by atoms with E-state index in [0.29, 0.717) is 25.6 Å². The number of aromatic nitrogens is 3. The fourth-order valence-corrected chi connectivity index (χ4v) is 2.57. The topological polar surface area (TPSA) is 67.1 Å². The Bertz CT molecular complexity index is 916. The van der Waals surface area contributed by atoms with Gasteiger partial charge in [-0.1, -0.05) is 18.2 Å². The summed E-state index contributed by atoms with van der Waals surface area (Å²) in [5.74, 6) is 1.34. The Morgan fingerprint density at radius 3 is 2.41 bits per heavy atom. The van der Waals surface area contributed by atoms with Crippen molar-refractivity contribution in [3.63, 3.8) is 0 Å². The van der Waals surface area contributed by atoms with Crippen molar-refractivity contribution in [2.75, 3.05) is 6.54 Å². The molecule has 9 heteroatoms. The average molecular weight is 402 g/mol. The number of benzene rings is 1. The van der Waals surface area contributed by atoms with Crippen LogP contribution in [0.1, 0.15) is 23.6 Å². The van der Waals surface area contributed by atoms with Gasteiger partial charge in [-0.15, -0.1) is 0 Å². The van der Waals surface area contributed by atoms with Gasteiger partial charge in [-0.25, -0.2) is 15.0 Å². The molecule has 2 heterocycles. The number of rotatable bonds is 6. The predicted octanol–water partition coefficient (Wildman–Crippen LogP) is 3.54. The van der Waals surface area contributed by atoms with Crippen molar-refractivity contribution >= 4 is 5.96 Å². The maximum Gasteiger partial charge on any atom is 0.416 e. The third kappa shape index (κ3) is 5.81. The number of hydrogen-bond acceptors (Lipinski definition) is 3. The second kappa shape index (κ2) is 9.22. The molecule has 0 atom stereocenters. The first-order valence-electron chi connectivity index (χ1n) is 9.07. The van der Waals surface area contributed by atoms with Crippen LogP contribution in [-0.2, 0) is 19.3 Å². The van der Waals surface area contributed by atoms with Crippen LogP contribution in [-0.4, -0.2) is 27.0 Å². The van der Waals surface area contributed by atoms with Crippen LogP contribution in [0.25, 0.3) is 5.82 Å². The van der Waals surface area contributed by atoms with E-state index in [1.165, 1.54) is 12.1 Å². The highest BCUT2D eigenvalue weighted by molar-refractivity contribution is 5.79. The molecule has 0 radical (unpaired) electrons. The van der Waals surface area contributed by atoms with Crippen molar-refractivity contribution in [2.45, 2.75) is 26.2 Å². The molecule has 0 bridgehead atoms.